The van der Waals surface area contributed by atoms with Gasteiger partial charge in [-0.2, -0.15) is 0 Å². The molecule has 0 aromatic heterocycles. The molecule has 3 aromatic carbocycles. The number of ether oxygens (including phenoxy) is 2. The quantitative estimate of drug-likeness (QED) is 0.713. The van der Waals surface area contributed by atoms with Crippen molar-refractivity contribution in [2.75, 3.05) is 19.0 Å². The van der Waals surface area contributed by atoms with Crippen molar-refractivity contribution >= 4 is 34.0 Å². The van der Waals surface area contributed by atoms with E-state index in [0.717, 1.165) is 27.8 Å². The Balaban J connectivity index is 1.66. The number of amides is 1. The van der Waals surface area contributed by atoms with Crippen molar-refractivity contribution in [3.8, 4) is 11.5 Å². The number of hydrogen-bond acceptors (Lipinski definition) is 3. The second kappa shape index (κ2) is 7.45. The number of anilines is 1. The lowest BCUT2D eigenvalue weighted by molar-refractivity contribution is -0.118. The Labute approximate surface area is 151 Å². The number of methoxy groups -OCH3 is 1. The molecular weight excluding hydrogens is 338 g/mol. The minimum atomic E-state index is -0.226. The highest BCUT2D eigenvalue weighted by atomic mass is 35.5. The number of benzene rings is 3. The molecule has 0 aliphatic heterocycles. The number of nitrogens with one attached hydrogen (secondary N) is 1. The van der Waals surface area contributed by atoms with Gasteiger partial charge in [0.1, 0.15) is 11.5 Å². The number of carbonyl (C=O) groups is 1. The largest absolute Gasteiger partial charge is 0.497 e. The highest BCUT2D eigenvalue weighted by molar-refractivity contribution is 6.30. The van der Waals surface area contributed by atoms with Gasteiger partial charge in [0.25, 0.3) is 5.91 Å². The fourth-order valence-corrected chi connectivity index (χ4v) is 2.75. The molecule has 0 heterocycles. The second-order valence-corrected chi connectivity index (χ2v) is 6.11. The van der Waals surface area contributed by atoms with Gasteiger partial charge in [-0.15, -0.1) is 0 Å². The first-order valence-electron chi connectivity index (χ1n) is 7.82. The van der Waals surface area contributed by atoms with Gasteiger partial charge in [-0.05, 0) is 65.7 Å². The lowest BCUT2D eigenvalue weighted by Gasteiger charge is -2.10. The summed E-state index contributed by atoms with van der Waals surface area (Å²) in [5, 5.41) is 5.53. The number of carbonyl (C=O) groups excluding carboxylic acids is 1. The number of aryl methyl sites for hydroxylation is 1. The Morgan fingerprint density at radius 2 is 1.72 bits per heavy atom. The average molecular weight is 356 g/mol. The van der Waals surface area contributed by atoms with E-state index in [1.165, 1.54) is 0 Å². The first kappa shape index (κ1) is 17.1. The molecule has 0 aliphatic carbocycles. The third kappa shape index (κ3) is 4.22. The van der Waals surface area contributed by atoms with E-state index >= 15 is 0 Å². The third-order valence-electron chi connectivity index (χ3n) is 3.85. The van der Waals surface area contributed by atoms with Crippen LogP contribution in [0.2, 0.25) is 5.02 Å². The molecule has 3 rings (SSSR count). The molecule has 0 radical (unpaired) electrons. The van der Waals surface area contributed by atoms with Crippen molar-refractivity contribution in [2.45, 2.75) is 6.92 Å². The van der Waals surface area contributed by atoms with Gasteiger partial charge in [0.05, 0.1) is 7.11 Å². The summed E-state index contributed by atoms with van der Waals surface area (Å²) in [7, 11) is 1.63. The van der Waals surface area contributed by atoms with Crippen molar-refractivity contribution in [3.63, 3.8) is 0 Å². The van der Waals surface area contributed by atoms with Crippen molar-refractivity contribution in [1.29, 1.82) is 0 Å². The molecular formula is C20H18ClNO3. The van der Waals surface area contributed by atoms with E-state index in [0.29, 0.717) is 10.8 Å². The van der Waals surface area contributed by atoms with Gasteiger partial charge in [0.2, 0.25) is 0 Å². The normalized spacial score (nSPS) is 10.5. The highest BCUT2D eigenvalue weighted by Gasteiger charge is 2.07. The van der Waals surface area contributed by atoms with Crippen LogP contribution >= 0.6 is 11.6 Å². The Kier molecular flexibility index (Phi) is 5.10. The van der Waals surface area contributed by atoms with E-state index in [1.807, 2.05) is 43.3 Å². The Morgan fingerprint density at radius 1 is 1.00 bits per heavy atom. The molecule has 0 bridgehead atoms. The fourth-order valence-electron chi connectivity index (χ4n) is 2.52. The summed E-state index contributed by atoms with van der Waals surface area (Å²) in [6, 6.07) is 16.8. The van der Waals surface area contributed by atoms with Crippen LogP contribution in [0.15, 0.2) is 54.6 Å². The van der Waals surface area contributed by atoms with Crippen LogP contribution in [0.25, 0.3) is 10.8 Å². The summed E-state index contributed by atoms with van der Waals surface area (Å²) in [4.78, 5) is 12.1. The van der Waals surface area contributed by atoms with E-state index in [4.69, 9.17) is 21.1 Å². The minimum Gasteiger partial charge on any atom is -0.497 e. The Bertz CT molecular complexity index is 924. The number of fused-ring (bicyclic) bond motifs is 1. The minimum absolute atomic E-state index is 0.0719. The summed E-state index contributed by atoms with van der Waals surface area (Å²) < 4.78 is 10.8. The van der Waals surface area contributed by atoms with Crippen molar-refractivity contribution < 1.29 is 14.3 Å². The zero-order chi connectivity index (χ0) is 17.8. The van der Waals surface area contributed by atoms with Crippen molar-refractivity contribution in [1.82, 2.24) is 0 Å². The van der Waals surface area contributed by atoms with Gasteiger partial charge in [0, 0.05) is 10.7 Å². The molecule has 5 heteroatoms. The fraction of sp³-hybridized carbons (Fsp3) is 0.150. The first-order chi connectivity index (χ1) is 12.0. The zero-order valence-electron chi connectivity index (χ0n) is 14.0. The molecule has 4 nitrogen and oxygen atoms in total. The molecule has 0 aliphatic rings. The summed E-state index contributed by atoms with van der Waals surface area (Å²) in [6.45, 7) is 1.82. The molecule has 25 heavy (non-hydrogen) atoms. The van der Waals surface area contributed by atoms with E-state index in [9.17, 15) is 4.79 Å². The van der Waals surface area contributed by atoms with Gasteiger partial charge in [-0.1, -0.05) is 23.7 Å². The molecule has 1 N–H and O–H groups in total. The monoisotopic (exact) mass is 355 g/mol. The van der Waals surface area contributed by atoms with Crippen LogP contribution in [-0.4, -0.2) is 19.6 Å². The maximum atomic E-state index is 12.1. The van der Waals surface area contributed by atoms with Crippen LogP contribution in [0.5, 0.6) is 11.5 Å². The van der Waals surface area contributed by atoms with Gasteiger partial charge < -0.3 is 14.8 Å². The second-order valence-electron chi connectivity index (χ2n) is 5.67. The van der Waals surface area contributed by atoms with E-state index < -0.39 is 0 Å². The molecule has 0 saturated carbocycles. The van der Waals surface area contributed by atoms with Crippen LogP contribution in [0.3, 0.4) is 0 Å². The number of rotatable bonds is 5. The third-order valence-corrected chi connectivity index (χ3v) is 4.09. The topological polar surface area (TPSA) is 47.6 Å². The first-order valence-corrected chi connectivity index (χ1v) is 8.19. The van der Waals surface area contributed by atoms with Gasteiger partial charge in [-0.3, -0.25) is 4.79 Å². The van der Waals surface area contributed by atoms with Gasteiger partial charge in [0.15, 0.2) is 6.61 Å². The lowest BCUT2D eigenvalue weighted by Crippen LogP contribution is -2.20. The number of halogens is 1. The van der Waals surface area contributed by atoms with Crippen LogP contribution in [0, 0.1) is 6.92 Å². The number of hydrogen-bond donors (Lipinski definition) is 1. The predicted molar refractivity (Wildman–Crippen MR) is 101 cm³/mol. The zero-order valence-corrected chi connectivity index (χ0v) is 14.8. The predicted octanol–water partition coefficient (Wildman–Crippen LogP) is 4.83. The van der Waals surface area contributed by atoms with Crippen LogP contribution < -0.4 is 14.8 Å². The Morgan fingerprint density at radius 3 is 2.44 bits per heavy atom. The average Bonchev–Trinajstić information content (AvgIpc) is 2.61. The van der Waals surface area contributed by atoms with E-state index in [1.54, 1.807) is 25.3 Å². The lowest BCUT2D eigenvalue weighted by atomic mass is 10.1. The molecule has 0 saturated heterocycles. The van der Waals surface area contributed by atoms with Crippen LogP contribution in [0.1, 0.15) is 5.56 Å². The smallest absolute Gasteiger partial charge is 0.262 e. The summed E-state index contributed by atoms with van der Waals surface area (Å²) in [6.07, 6.45) is 0. The van der Waals surface area contributed by atoms with Crippen LogP contribution in [-0.2, 0) is 4.79 Å². The maximum Gasteiger partial charge on any atom is 0.262 e. The van der Waals surface area contributed by atoms with Gasteiger partial charge >= 0.3 is 0 Å². The molecule has 3 aromatic rings. The van der Waals surface area contributed by atoms with Gasteiger partial charge in [-0.25, -0.2) is 0 Å². The molecule has 1 amide bonds. The Hall–Kier alpha value is -2.72. The molecule has 128 valence electrons. The summed E-state index contributed by atoms with van der Waals surface area (Å²) in [5.41, 5.74) is 1.62. The molecule has 0 fully saturated rings. The van der Waals surface area contributed by atoms with Crippen molar-refractivity contribution in [2.24, 2.45) is 0 Å². The molecule has 0 spiro atoms. The highest BCUT2D eigenvalue weighted by Crippen LogP contribution is 2.25. The summed E-state index contributed by atoms with van der Waals surface area (Å²) >= 11 is 5.92. The molecule has 0 unspecified atom stereocenters. The SMILES string of the molecule is COc1ccc2ccc(OCC(=O)Nc3ccc(Cl)cc3C)cc2c1. The maximum absolute atomic E-state index is 12.1. The standard InChI is InChI=1S/C20H18ClNO3/c1-13-9-16(21)5-8-19(13)22-20(23)12-25-18-7-4-14-3-6-17(24-2)10-15(14)11-18/h3-11H,12H2,1-2H3,(H,22,23). The summed E-state index contributed by atoms with van der Waals surface area (Å²) in [5.74, 6) is 1.18. The van der Waals surface area contributed by atoms with Crippen molar-refractivity contribution in [3.05, 3.63) is 65.2 Å². The molecule has 0 atom stereocenters. The van der Waals surface area contributed by atoms with Crippen LogP contribution in [0.4, 0.5) is 5.69 Å². The van der Waals surface area contributed by atoms with E-state index in [-0.39, 0.29) is 12.5 Å². The van der Waals surface area contributed by atoms with E-state index in [2.05, 4.69) is 5.32 Å².